The van der Waals surface area contributed by atoms with Crippen LogP contribution >= 0.6 is 0 Å². The van der Waals surface area contributed by atoms with Gasteiger partial charge in [-0.25, -0.2) is 13.4 Å². The summed E-state index contributed by atoms with van der Waals surface area (Å²) in [5, 5.41) is 2.28. The largest absolute Gasteiger partial charge is 0.305 e. The molecule has 4 rings (SSSR count). The number of hydrogen-bond donors (Lipinski definition) is 0. The van der Waals surface area contributed by atoms with Crippen molar-refractivity contribution in [3.8, 4) is 5.69 Å². The van der Waals surface area contributed by atoms with Gasteiger partial charge < -0.3 is 4.57 Å². The van der Waals surface area contributed by atoms with E-state index in [4.69, 9.17) is 0 Å². The molecule has 0 atom stereocenters. The summed E-state index contributed by atoms with van der Waals surface area (Å²) in [5.74, 6) is 0. The van der Waals surface area contributed by atoms with Gasteiger partial charge in [-0.2, -0.15) is 0 Å². The Kier molecular flexibility index (Phi) is 3.66. The second-order valence-corrected chi connectivity index (χ2v) is 7.86. The minimum atomic E-state index is -3.62. The van der Waals surface area contributed by atoms with E-state index in [-0.39, 0.29) is 9.92 Å². The Bertz CT molecular complexity index is 1160. The molecule has 0 N–H and O–H groups in total. The molecule has 0 aliphatic carbocycles. The third-order valence-electron chi connectivity index (χ3n) is 4.20. The molecule has 0 amide bonds. The van der Waals surface area contributed by atoms with Gasteiger partial charge in [0.15, 0.2) is 5.03 Å². The van der Waals surface area contributed by atoms with Crippen molar-refractivity contribution in [3.63, 3.8) is 0 Å². The minimum absolute atomic E-state index is 0.0458. The maximum absolute atomic E-state index is 12.7. The summed E-state index contributed by atoms with van der Waals surface area (Å²) in [4.78, 5) is 4.37. The van der Waals surface area contributed by atoms with Gasteiger partial charge in [0, 0.05) is 11.9 Å². The first kappa shape index (κ1) is 15.6. The number of nitrogens with zero attached hydrogens (tertiary/aromatic N) is 2. The second-order valence-electron chi connectivity index (χ2n) is 5.97. The van der Waals surface area contributed by atoms with Crippen molar-refractivity contribution < 1.29 is 8.42 Å². The lowest BCUT2D eigenvalue weighted by molar-refractivity contribution is 0.593. The molecule has 4 aromatic rings. The summed E-state index contributed by atoms with van der Waals surface area (Å²) in [7, 11) is -3.62. The van der Waals surface area contributed by atoms with Crippen molar-refractivity contribution in [1.29, 1.82) is 0 Å². The van der Waals surface area contributed by atoms with Gasteiger partial charge in [-0.3, -0.25) is 0 Å². The third-order valence-corrected chi connectivity index (χ3v) is 5.85. The molecular formula is C20H16N2O2S. The van der Waals surface area contributed by atoms with Gasteiger partial charge in [-0.1, -0.05) is 48.0 Å². The van der Waals surface area contributed by atoms with E-state index in [1.165, 1.54) is 6.33 Å². The van der Waals surface area contributed by atoms with E-state index in [9.17, 15) is 8.42 Å². The van der Waals surface area contributed by atoms with Crippen LogP contribution < -0.4 is 0 Å². The molecule has 0 saturated heterocycles. The SMILES string of the molecule is Cc1ccc(S(=O)(=O)c2cn(-c3ccc4ccccc4c3)cn2)cc1. The zero-order chi connectivity index (χ0) is 17.4. The van der Waals surface area contributed by atoms with Gasteiger partial charge in [0.1, 0.15) is 6.33 Å². The van der Waals surface area contributed by atoms with Gasteiger partial charge in [0.25, 0.3) is 0 Å². The molecule has 0 aliphatic rings. The first-order valence-electron chi connectivity index (χ1n) is 7.89. The van der Waals surface area contributed by atoms with Gasteiger partial charge in [0.2, 0.25) is 9.84 Å². The van der Waals surface area contributed by atoms with Crippen molar-refractivity contribution in [1.82, 2.24) is 9.55 Å². The molecular weight excluding hydrogens is 332 g/mol. The van der Waals surface area contributed by atoms with E-state index in [1.54, 1.807) is 35.0 Å². The first-order chi connectivity index (χ1) is 12.0. The number of imidazole rings is 1. The number of benzene rings is 3. The van der Waals surface area contributed by atoms with E-state index in [0.29, 0.717) is 0 Å². The molecule has 5 heteroatoms. The van der Waals surface area contributed by atoms with Crippen molar-refractivity contribution in [3.05, 3.63) is 84.8 Å². The van der Waals surface area contributed by atoms with Gasteiger partial charge >= 0.3 is 0 Å². The number of rotatable bonds is 3. The predicted octanol–water partition coefficient (Wildman–Crippen LogP) is 4.17. The zero-order valence-corrected chi connectivity index (χ0v) is 14.4. The fraction of sp³-hybridized carbons (Fsp3) is 0.0500. The van der Waals surface area contributed by atoms with Crippen LogP contribution in [0.15, 0.2) is 89.2 Å². The van der Waals surface area contributed by atoms with Crippen LogP contribution in [-0.2, 0) is 9.84 Å². The predicted molar refractivity (Wildman–Crippen MR) is 97.7 cm³/mol. The zero-order valence-electron chi connectivity index (χ0n) is 13.6. The molecule has 0 fully saturated rings. The van der Waals surface area contributed by atoms with Crippen LogP contribution in [-0.4, -0.2) is 18.0 Å². The smallest absolute Gasteiger partial charge is 0.225 e. The quantitative estimate of drug-likeness (QED) is 0.558. The van der Waals surface area contributed by atoms with Crippen molar-refractivity contribution in [2.24, 2.45) is 0 Å². The molecule has 4 nitrogen and oxygen atoms in total. The van der Waals surface area contributed by atoms with Crippen molar-refractivity contribution in [2.75, 3.05) is 0 Å². The van der Waals surface area contributed by atoms with Crippen LogP contribution in [0.3, 0.4) is 0 Å². The van der Waals surface area contributed by atoms with Crippen LogP contribution in [0.1, 0.15) is 5.56 Å². The van der Waals surface area contributed by atoms with E-state index in [2.05, 4.69) is 4.98 Å². The minimum Gasteiger partial charge on any atom is -0.305 e. The number of aromatic nitrogens is 2. The molecule has 3 aromatic carbocycles. The van der Waals surface area contributed by atoms with Crippen LogP contribution in [0.5, 0.6) is 0 Å². The van der Waals surface area contributed by atoms with E-state index in [1.807, 2.05) is 49.4 Å². The first-order valence-corrected chi connectivity index (χ1v) is 9.37. The molecule has 0 bridgehead atoms. The monoisotopic (exact) mass is 348 g/mol. The number of hydrogen-bond acceptors (Lipinski definition) is 3. The fourth-order valence-electron chi connectivity index (χ4n) is 2.76. The Morgan fingerprint density at radius 3 is 2.36 bits per heavy atom. The highest BCUT2D eigenvalue weighted by atomic mass is 32.2. The highest BCUT2D eigenvalue weighted by Crippen LogP contribution is 2.22. The molecule has 25 heavy (non-hydrogen) atoms. The fourth-order valence-corrected chi connectivity index (χ4v) is 3.93. The topological polar surface area (TPSA) is 52.0 Å². The number of aryl methyl sites for hydroxylation is 1. The lowest BCUT2D eigenvalue weighted by Gasteiger charge is -2.04. The Morgan fingerprint density at radius 1 is 0.880 bits per heavy atom. The highest BCUT2D eigenvalue weighted by Gasteiger charge is 2.20. The summed E-state index contributed by atoms with van der Waals surface area (Å²) in [5.41, 5.74) is 1.89. The maximum Gasteiger partial charge on any atom is 0.225 e. The second kappa shape index (κ2) is 5.86. The average molecular weight is 348 g/mol. The van der Waals surface area contributed by atoms with E-state index < -0.39 is 9.84 Å². The van der Waals surface area contributed by atoms with E-state index in [0.717, 1.165) is 22.0 Å². The van der Waals surface area contributed by atoms with Crippen LogP contribution in [0.2, 0.25) is 0 Å². The molecule has 0 saturated carbocycles. The summed E-state index contributed by atoms with van der Waals surface area (Å²) in [6, 6.07) is 20.8. The van der Waals surface area contributed by atoms with Crippen molar-refractivity contribution >= 4 is 20.6 Å². The summed E-state index contributed by atoms with van der Waals surface area (Å²) >= 11 is 0. The molecule has 0 spiro atoms. The van der Waals surface area contributed by atoms with Crippen LogP contribution in [0.25, 0.3) is 16.5 Å². The number of fused-ring (bicyclic) bond motifs is 1. The van der Waals surface area contributed by atoms with Crippen LogP contribution in [0, 0.1) is 6.92 Å². The summed E-state index contributed by atoms with van der Waals surface area (Å²) < 4.78 is 27.2. The summed E-state index contributed by atoms with van der Waals surface area (Å²) in [6.07, 6.45) is 3.09. The molecule has 1 aromatic heterocycles. The van der Waals surface area contributed by atoms with Gasteiger partial charge in [-0.05, 0) is 42.0 Å². The molecule has 0 radical (unpaired) electrons. The molecule has 1 heterocycles. The molecule has 0 aliphatic heterocycles. The molecule has 124 valence electrons. The van der Waals surface area contributed by atoms with Crippen LogP contribution in [0.4, 0.5) is 0 Å². The summed E-state index contributed by atoms with van der Waals surface area (Å²) in [6.45, 7) is 1.92. The Labute approximate surface area is 146 Å². The standard InChI is InChI=1S/C20H16N2O2S/c1-15-6-10-19(11-7-15)25(23,24)20-13-22(14-21-20)18-9-8-16-4-2-3-5-17(16)12-18/h2-14H,1H3. The average Bonchev–Trinajstić information content (AvgIpc) is 3.13. The Hall–Kier alpha value is -2.92. The normalized spacial score (nSPS) is 11.7. The van der Waals surface area contributed by atoms with Gasteiger partial charge in [0.05, 0.1) is 4.90 Å². The highest BCUT2D eigenvalue weighted by molar-refractivity contribution is 7.91. The third kappa shape index (κ3) is 2.83. The van der Waals surface area contributed by atoms with Gasteiger partial charge in [-0.15, -0.1) is 0 Å². The Balaban J connectivity index is 1.75. The van der Waals surface area contributed by atoms with Crippen molar-refractivity contribution in [2.45, 2.75) is 16.8 Å². The van der Waals surface area contributed by atoms with E-state index >= 15 is 0 Å². The molecule has 0 unspecified atom stereocenters. The maximum atomic E-state index is 12.7. The Morgan fingerprint density at radius 2 is 1.60 bits per heavy atom. The number of sulfone groups is 1. The lowest BCUT2D eigenvalue weighted by atomic mass is 10.1. The lowest BCUT2D eigenvalue weighted by Crippen LogP contribution is -2.02.